The zero-order valence-corrected chi connectivity index (χ0v) is 5.93. The van der Waals surface area contributed by atoms with Crippen molar-refractivity contribution in [2.24, 2.45) is 5.29 Å². The Morgan fingerprint density at radius 1 is 2.20 bits per heavy atom. The summed E-state index contributed by atoms with van der Waals surface area (Å²) in [7, 11) is 0. The van der Waals surface area contributed by atoms with Gasteiger partial charge in [-0.15, -0.1) is 12.3 Å². The summed E-state index contributed by atoms with van der Waals surface area (Å²) in [5.74, 6) is 0. The molecular weight excluding hydrogens is 95.1 g/mol. The van der Waals surface area contributed by atoms with E-state index in [1.54, 1.807) is 0 Å². The third-order valence-electron chi connectivity index (χ3n) is 0.0408. The molecular formula is CH3KN2O. The van der Waals surface area contributed by atoms with Crippen LogP contribution in [-0.4, -0.2) is 6.98 Å². The first-order valence-corrected chi connectivity index (χ1v) is 0.606. The molecule has 0 fully saturated rings. The van der Waals surface area contributed by atoms with E-state index >= 15 is 0 Å². The third-order valence-corrected chi connectivity index (χ3v) is 0.0408. The van der Waals surface area contributed by atoms with E-state index < -0.39 is 6.98 Å². The second-order valence-electron chi connectivity index (χ2n) is 0.182. The van der Waals surface area contributed by atoms with Crippen molar-refractivity contribution in [1.29, 1.82) is 0 Å². The molecule has 0 saturated carbocycles. The van der Waals surface area contributed by atoms with Gasteiger partial charge in [-0.2, -0.15) is 4.91 Å². The molecule has 0 aromatic rings. The molecule has 0 radical (unpaired) electrons. The van der Waals surface area contributed by atoms with Crippen molar-refractivity contribution in [3.8, 4) is 0 Å². The predicted molar refractivity (Wildman–Crippen MR) is 15.1 cm³/mol. The summed E-state index contributed by atoms with van der Waals surface area (Å²) in [6.07, 6.45) is 0. The van der Waals surface area contributed by atoms with Gasteiger partial charge < -0.3 is 5.43 Å². The molecule has 0 aromatic carbocycles. The molecule has 0 atom stereocenters. The van der Waals surface area contributed by atoms with E-state index in [1.807, 2.05) is 5.29 Å². The molecule has 0 spiro atoms. The predicted octanol–water partition coefficient (Wildman–Crippen LogP) is -2.32. The van der Waals surface area contributed by atoms with E-state index in [0.717, 1.165) is 0 Å². The molecule has 0 heterocycles. The minimum absolute atomic E-state index is 0. The van der Waals surface area contributed by atoms with Crippen molar-refractivity contribution in [2.75, 3.05) is 6.98 Å². The van der Waals surface area contributed by atoms with Gasteiger partial charge in [0.1, 0.15) is 0 Å². The fraction of sp³-hybridized carbons (Fsp3) is 1.00. The smallest absolute Gasteiger partial charge is 0.566 e. The second-order valence-corrected chi connectivity index (χ2v) is 0.182. The molecule has 0 aliphatic carbocycles. The molecule has 24 valence electrons. The fourth-order valence-electron chi connectivity index (χ4n) is 0. The minimum Gasteiger partial charge on any atom is -0.566 e. The van der Waals surface area contributed by atoms with Crippen LogP contribution in [0.5, 0.6) is 0 Å². The molecule has 0 saturated heterocycles. The SMILES string of the molecule is [2H]C([2H])([2H])[N-]N=O.[K+]. The summed E-state index contributed by atoms with van der Waals surface area (Å²) >= 11 is 0. The first-order valence-electron chi connectivity index (χ1n) is 2.11. The Hall–Kier alpha value is 1.04. The molecule has 3 nitrogen and oxygen atoms in total. The van der Waals surface area contributed by atoms with E-state index in [2.05, 4.69) is 5.43 Å². The van der Waals surface area contributed by atoms with E-state index in [1.165, 1.54) is 0 Å². The summed E-state index contributed by atoms with van der Waals surface area (Å²) in [5, 5.41) is 1.82. The summed E-state index contributed by atoms with van der Waals surface area (Å²) in [4.78, 5) is 9.04. The van der Waals surface area contributed by atoms with E-state index in [0.29, 0.717) is 0 Å². The van der Waals surface area contributed by atoms with Gasteiger partial charge in [-0.25, -0.2) is 0 Å². The van der Waals surface area contributed by atoms with Gasteiger partial charge in [0.05, 0.1) is 0 Å². The number of rotatable bonds is 1. The van der Waals surface area contributed by atoms with Crippen molar-refractivity contribution in [2.45, 2.75) is 0 Å². The quantitative estimate of drug-likeness (QED) is 0.208. The van der Waals surface area contributed by atoms with E-state index in [9.17, 15) is 0 Å². The number of hydrogen-bond donors (Lipinski definition) is 0. The molecule has 4 heteroatoms. The Labute approximate surface area is 77.1 Å². The Kier molecular flexibility index (Phi) is 5.50. The van der Waals surface area contributed by atoms with E-state index in [4.69, 9.17) is 9.02 Å². The Morgan fingerprint density at radius 3 is 2.80 bits per heavy atom. The molecule has 0 aromatic heterocycles. The van der Waals surface area contributed by atoms with Crippen LogP contribution in [0.4, 0.5) is 0 Å². The molecule has 0 unspecified atom stereocenters. The first-order chi connectivity index (χ1) is 3.06. The standard InChI is InChI=1S/CH4N2O.K/c1-2-3-4;/h1H3,(H,2,4);/q;+1/p-1/i1D3;. The van der Waals surface area contributed by atoms with Crippen molar-refractivity contribution in [1.82, 2.24) is 0 Å². The van der Waals surface area contributed by atoms with E-state index in [-0.39, 0.29) is 51.4 Å². The van der Waals surface area contributed by atoms with Gasteiger partial charge in [-0.05, 0) is 0 Å². The zero-order chi connectivity index (χ0) is 5.91. The second kappa shape index (κ2) is 8.90. The van der Waals surface area contributed by atoms with Crippen LogP contribution < -0.4 is 51.4 Å². The number of nitrogens with zero attached hydrogens (tertiary/aromatic N) is 2. The van der Waals surface area contributed by atoms with Crippen LogP contribution in [0.15, 0.2) is 5.29 Å². The monoisotopic (exact) mass is 101 g/mol. The molecule has 5 heavy (non-hydrogen) atoms. The van der Waals surface area contributed by atoms with Crippen molar-refractivity contribution >= 4 is 0 Å². The maximum atomic E-state index is 9.04. The van der Waals surface area contributed by atoms with Crippen LogP contribution >= 0.6 is 0 Å². The fourth-order valence-corrected chi connectivity index (χ4v) is 0. The minimum atomic E-state index is -2.55. The van der Waals surface area contributed by atoms with Crippen LogP contribution in [-0.2, 0) is 0 Å². The Morgan fingerprint density at radius 2 is 2.80 bits per heavy atom. The summed E-state index contributed by atoms with van der Waals surface area (Å²) in [6, 6.07) is 0. The van der Waals surface area contributed by atoms with Crippen LogP contribution in [0.1, 0.15) is 4.11 Å². The van der Waals surface area contributed by atoms with Gasteiger partial charge in [0, 0.05) is 4.11 Å². The maximum Gasteiger partial charge on any atom is 1.00 e. The van der Waals surface area contributed by atoms with Crippen molar-refractivity contribution < 1.29 is 55.5 Å². The van der Waals surface area contributed by atoms with Gasteiger partial charge >= 0.3 is 51.4 Å². The topological polar surface area (TPSA) is 43.5 Å². The third kappa shape index (κ3) is 11.2. The number of nitroso groups, excluding NO2 is 1. The maximum absolute atomic E-state index is 9.04. The summed E-state index contributed by atoms with van der Waals surface area (Å²) in [5.41, 5.74) is 2.33. The van der Waals surface area contributed by atoms with Crippen molar-refractivity contribution in [3.63, 3.8) is 0 Å². The zero-order valence-electron chi connectivity index (χ0n) is 5.80. The normalized spacial score (nSPS) is 15.6. The molecule has 0 rings (SSSR count). The van der Waals surface area contributed by atoms with Gasteiger partial charge in [-0.1, -0.05) is 0 Å². The van der Waals surface area contributed by atoms with Crippen molar-refractivity contribution in [3.05, 3.63) is 10.3 Å². The van der Waals surface area contributed by atoms with Gasteiger partial charge in [0.15, 0.2) is 0 Å². The van der Waals surface area contributed by atoms with Crippen LogP contribution in [0.2, 0.25) is 0 Å². The summed E-state index contributed by atoms with van der Waals surface area (Å²) in [6.45, 7) is -2.55. The van der Waals surface area contributed by atoms with Gasteiger partial charge in [0.2, 0.25) is 0 Å². The Bertz CT molecular complexity index is 72.2. The molecule has 0 bridgehead atoms. The first kappa shape index (κ1) is 3.09. The summed E-state index contributed by atoms with van der Waals surface area (Å²) < 4.78 is 18.6. The average Bonchev–Trinajstić information content (AvgIpc) is 1.30. The number of hydrogen-bond acceptors (Lipinski definition) is 2. The van der Waals surface area contributed by atoms with Gasteiger partial charge in [0.25, 0.3) is 0 Å². The van der Waals surface area contributed by atoms with Crippen LogP contribution in [0.25, 0.3) is 5.43 Å². The average molecular weight is 101 g/mol. The Balaban J connectivity index is 0. The van der Waals surface area contributed by atoms with Gasteiger partial charge in [-0.3, -0.25) is 0 Å². The molecule has 0 aliphatic heterocycles. The molecule has 0 N–H and O–H groups in total. The molecule has 0 amide bonds. The molecule has 0 aliphatic rings. The largest absolute Gasteiger partial charge is 1.00 e. The van der Waals surface area contributed by atoms with Crippen LogP contribution in [0.3, 0.4) is 0 Å². The van der Waals surface area contributed by atoms with Crippen LogP contribution in [0, 0.1) is 4.91 Å².